The highest BCUT2D eigenvalue weighted by Crippen LogP contribution is 2.21. The van der Waals surface area contributed by atoms with Crippen molar-refractivity contribution in [3.8, 4) is 5.75 Å². The first-order chi connectivity index (χ1) is 14.6. The van der Waals surface area contributed by atoms with Crippen molar-refractivity contribution in [1.29, 1.82) is 0 Å². The summed E-state index contributed by atoms with van der Waals surface area (Å²) in [6.45, 7) is 11.7. The van der Waals surface area contributed by atoms with Gasteiger partial charge in [-0.15, -0.1) is 11.3 Å². The predicted octanol–water partition coefficient (Wildman–Crippen LogP) is 3.74. The zero-order valence-corrected chi connectivity index (χ0v) is 19.5. The lowest BCUT2D eigenvalue weighted by molar-refractivity contribution is 0.176. The number of benzene rings is 1. The lowest BCUT2D eigenvalue weighted by Crippen LogP contribution is -2.42. The molecule has 2 aromatic rings. The molecule has 1 aliphatic rings. The van der Waals surface area contributed by atoms with E-state index in [1.807, 2.05) is 14.0 Å². The molecular weight excluding hydrogens is 394 g/mol. The maximum Gasteiger partial charge on any atom is 0.191 e. The van der Waals surface area contributed by atoms with Gasteiger partial charge in [0.05, 0.1) is 17.3 Å². The molecule has 0 saturated carbocycles. The van der Waals surface area contributed by atoms with Crippen molar-refractivity contribution < 1.29 is 4.74 Å². The number of rotatable bonds is 8. The molecule has 0 amide bonds. The summed E-state index contributed by atoms with van der Waals surface area (Å²) in [6.07, 6.45) is 2.42. The molecule has 164 valence electrons. The summed E-state index contributed by atoms with van der Waals surface area (Å²) in [5.41, 5.74) is 3.57. The summed E-state index contributed by atoms with van der Waals surface area (Å²) in [7, 11) is 1.83. The molecule has 0 radical (unpaired) electrons. The fourth-order valence-electron chi connectivity index (χ4n) is 3.80. The van der Waals surface area contributed by atoms with E-state index in [0.29, 0.717) is 19.1 Å². The van der Waals surface area contributed by atoms with Crippen molar-refractivity contribution in [1.82, 2.24) is 20.5 Å². The van der Waals surface area contributed by atoms with Gasteiger partial charge >= 0.3 is 0 Å². The summed E-state index contributed by atoms with van der Waals surface area (Å²) in [5.74, 6) is 2.47. The Balaban J connectivity index is 1.41. The minimum Gasteiger partial charge on any atom is -0.494 e. The molecule has 1 saturated heterocycles. The number of piperidine rings is 1. The molecule has 0 aliphatic carbocycles. The highest BCUT2D eigenvalue weighted by atomic mass is 32.1. The van der Waals surface area contributed by atoms with Gasteiger partial charge in [-0.05, 0) is 64.3 Å². The quantitative estimate of drug-likeness (QED) is 0.494. The number of aliphatic imine (C=N–C) groups is 1. The van der Waals surface area contributed by atoms with Crippen LogP contribution in [0.5, 0.6) is 5.75 Å². The van der Waals surface area contributed by atoms with Crippen LogP contribution in [-0.4, -0.2) is 49.1 Å². The van der Waals surface area contributed by atoms with Crippen molar-refractivity contribution >= 4 is 17.3 Å². The average molecular weight is 430 g/mol. The van der Waals surface area contributed by atoms with Crippen LogP contribution in [0.4, 0.5) is 0 Å². The fraction of sp³-hybridized carbons (Fsp3) is 0.565. The second kappa shape index (κ2) is 11.3. The minimum atomic E-state index is 0.671. The van der Waals surface area contributed by atoms with Crippen LogP contribution in [0.2, 0.25) is 0 Å². The second-order valence-electron chi connectivity index (χ2n) is 7.93. The van der Waals surface area contributed by atoms with E-state index in [1.54, 1.807) is 11.3 Å². The topological polar surface area (TPSA) is 61.8 Å². The van der Waals surface area contributed by atoms with Crippen LogP contribution in [-0.2, 0) is 13.1 Å². The van der Waals surface area contributed by atoms with Gasteiger partial charge in [0.2, 0.25) is 0 Å². The van der Waals surface area contributed by atoms with Gasteiger partial charge in [0, 0.05) is 37.6 Å². The number of nitrogens with zero attached hydrogens (tertiary/aromatic N) is 3. The van der Waals surface area contributed by atoms with Crippen molar-refractivity contribution in [3.05, 3.63) is 45.4 Å². The van der Waals surface area contributed by atoms with Crippen molar-refractivity contribution in [2.45, 2.75) is 46.7 Å². The first-order valence-electron chi connectivity index (χ1n) is 10.9. The minimum absolute atomic E-state index is 0.671. The third kappa shape index (κ3) is 6.71. The van der Waals surface area contributed by atoms with Gasteiger partial charge in [-0.25, -0.2) is 4.98 Å². The first kappa shape index (κ1) is 22.6. The summed E-state index contributed by atoms with van der Waals surface area (Å²) < 4.78 is 5.78. The highest BCUT2D eigenvalue weighted by molar-refractivity contribution is 7.09. The molecule has 1 aromatic carbocycles. The molecule has 3 rings (SSSR count). The molecule has 1 aliphatic heterocycles. The lowest BCUT2D eigenvalue weighted by atomic mass is 9.97. The highest BCUT2D eigenvalue weighted by Gasteiger charge is 2.20. The van der Waals surface area contributed by atoms with E-state index in [4.69, 9.17) is 4.74 Å². The maximum absolute atomic E-state index is 5.78. The molecule has 0 unspecified atom stereocenters. The Hall–Kier alpha value is -2.12. The molecule has 1 aromatic heterocycles. The molecule has 1 fully saturated rings. The van der Waals surface area contributed by atoms with Gasteiger partial charge in [0.15, 0.2) is 5.96 Å². The Labute approximate surface area is 184 Å². The number of guanidine groups is 1. The number of hydrogen-bond acceptors (Lipinski definition) is 5. The van der Waals surface area contributed by atoms with E-state index in [2.05, 4.69) is 62.9 Å². The van der Waals surface area contributed by atoms with Gasteiger partial charge in [0.1, 0.15) is 5.75 Å². The van der Waals surface area contributed by atoms with Crippen LogP contribution >= 0.6 is 11.3 Å². The van der Waals surface area contributed by atoms with Crippen molar-refractivity contribution in [2.75, 3.05) is 33.3 Å². The molecule has 6 nitrogen and oxygen atoms in total. The monoisotopic (exact) mass is 429 g/mol. The molecule has 2 heterocycles. The Kier molecular flexibility index (Phi) is 8.51. The molecule has 7 heteroatoms. The fourth-order valence-corrected chi connectivity index (χ4v) is 4.40. The van der Waals surface area contributed by atoms with E-state index >= 15 is 0 Å². The standard InChI is InChI=1S/C23H35N5OS/c1-5-29-22-12-17(2)6-7-20(22)14-26-23(24-4)25-13-19-8-10-28(11-9-19)15-21-16-30-18(3)27-21/h6-7,12,16,19H,5,8-11,13-15H2,1-4H3,(H2,24,25,26). The number of nitrogens with one attached hydrogen (secondary N) is 2. The first-order valence-corrected chi connectivity index (χ1v) is 11.8. The van der Waals surface area contributed by atoms with E-state index < -0.39 is 0 Å². The van der Waals surface area contributed by atoms with Gasteiger partial charge in [0.25, 0.3) is 0 Å². The Morgan fingerprint density at radius 1 is 1.27 bits per heavy atom. The van der Waals surface area contributed by atoms with E-state index in [0.717, 1.165) is 48.5 Å². The molecule has 2 N–H and O–H groups in total. The third-order valence-electron chi connectivity index (χ3n) is 5.51. The third-order valence-corrected chi connectivity index (χ3v) is 6.33. The second-order valence-corrected chi connectivity index (χ2v) is 8.99. The summed E-state index contributed by atoms with van der Waals surface area (Å²) >= 11 is 1.74. The van der Waals surface area contributed by atoms with E-state index in [9.17, 15) is 0 Å². The van der Waals surface area contributed by atoms with Gasteiger partial charge < -0.3 is 15.4 Å². The zero-order chi connectivity index (χ0) is 21.3. The summed E-state index contributed by atoms with van der Waals surface area (Å²) in [4.78, 5) is 11.5. The van der Waals surface area contributed by atoms with Crippen LogP contribution in [0.25, 0.3) is 0 Å². The molecule has 0 spiro atoms. The van der Waals surface area contributed by atoms with Gasteiger partial charge in [-0.1, -0.05) is 12.1 Å². The molecular formula is C23H35N5OS. The molecule has 30 heavy (non-hydrogen) atoms. The lowest BCUT2D eigenvalue weighted by Gasteiger charge is -2.31. The van der Waals surface area contributed by atoms with Crippen LogP contribution in [0.15, 0.2) is 28.6 Å². The average Bonchev–Trinajstić information content (AvgIpc) is 3.15. The Morgan fingerprint density at radius 2 is 2.07 bits per heavy atom. The maximum atomic E-state index is 5.78. The summed E-state index contributed by atoms with van der Waals surface area (Å²) in [6, 6.07) is 6.34. The Bertz CT molecular complexity index is 827. The Morgan fingerprint density at radius 3 is 2.73 bits per heavy atom. The smallest absolute Gasteiger partial charge is 0.191 e. The number of ether oxygens (including phenoxy) is 1. The van der Waals surface area contributed by atoms with E-state index in [1.165, 1.54) is 24.1 Å². The van der Waals surface area contributed by atoms with Crippen LogP contribution in [0, 0.1) is 19.8 Å². The number of aryl methyl sites for hydroxylation is 2. The zero-order valence-electron chi connectivity index (χ0n) is 18.7. The largest absolute Gasteiger partial charge is 0.494 e. The van der Waals surface area contributed by atoms with Gasteiger partial charge in [-0.3, -0.25) is 9.89 Å². The predicted molar refractivity (Wildman–Crippen MR) is 125 cm³/mol. The van der Waals surface area contributed by atoms with Gasteiger partial charge in [-0.2, -0.15) is 0 Å². The number of likely N-dealkylation sites (tertiary alicyclic amines) is 1. The van der Waals surface area contributed by atoms with Crippen LogP contribution in [0.3, 0.4) is 0 Å². The number of thiazole rings is 1. The van der Waals surface area contributed by atoms with Crippen molar-refractivity contribution in [2.24, 2.45) is 10.9 Å². The number of aromatic nitrogens is 1. The van der Waals surface area contributed by atoms with Crippen LogP contribution in [0.1, 0.15) is 41.6 Å². The number of hydrogen-bond donors (Lipinski definition) is 2. The van der Waals surface area contributed by atoms with E-state index in [-0.39, 0.29) is 0 Å². The molecule has 0 bridgehead atoms. The van der Waals surface area contributed by atoms with Crippen molar-refractivity contribution in [3.63, 3.8) is 0 Å². The summed E-state index contributed by atoms with van der Waals surface area (Å²) in [5, 5.41) is 10.3. The van der Waals surface area contributed by atoms with Crippen LogP contribution < -0.4 is 15.4 Å². The molecule has 0 atom stereocenters. The normalized spacial score (nSPS) is 15.9. The SMILES string of the molecule is CCOc1cc(C)ccc1CNC(=NC)NCC1CCN(Cc2csc(C)n2)CC1.